The van der Waals surface area contributed by atoms with Crippen LogP contribution in [0.15, 0.2) is 125 Å². The maximum atomic E-state index is 13.3. The molecule has 0 fully saturated rings. The quantitative estimate of drug-likeness (QED) is 0.205. The van der Waals surface area contributed by atoms with Gasteiger partial charge in [0, 0.05) is 11.9 Å². The number of rotatable bonds is 6. The van der Waals surface area contributed by atoms with E-state index in [1.807, 2.05) is 91.0 Å². The van der Waals surface area contributed by atoms with Crippen LogP contribution in [0.5, 0.6) is 0 Å². The molecule has 4 nitrogen and oxygen atoms in total. The summed E-state index contributed by atoms with van der Waals surface area (Å²) >= 11 is 6.01. The molecule has 0 saturated heterocycles. The number of halogens is 1. The van der Waals surface area contributed by atoms with Crippen LogP contribution in [0.2, 0.25) is 5.02 Å². The lowest BCUT2D eigenvalue weighted by Crippen LogP contribution is -2.33. The Hall–Kier alpha value is -3.46. The Morgan fingerprint density at radius 1 is 0.697 bits per heavy atom. The second-order valence-corrected chi connectivity index (χ2v) is 10.9. The molecule has 33 heavy (non-hydrogen) atoms. The van der Waals surface area contributed by atoms with Crippen molar-refractivity contribution in [2.45, 2.75) is 0 Å². The van der Waals surface area contributed by atoms with Gasteiger partial charge in [0.25, 0.3) is 0 Å². The number of hydrogen-bond donors (Lipinski definition) is 0. The molecule has 0 N–H and O–H groups in total. The second-order valence-electron chi connectivity index (χ2n) is 7.17. The van der Waals surface area contributed by atoms with E-state index in [9.17, 15) is 4.79 Å². The van der Waals surface area contributed by atoms with Gasteiger partial charge in [-0.15, -0.1) is 5.11 Å². The average molecular weight is 473 g/mol. The van der Waals surface area contributed by atoms with Gasteiger partial charge in [-0.3, -0.25) is 0 Å². The van der Waals surface area contributed by atoms with E-state index in [-0.39, 0.29) is 5.42 Å². The van der Waals surface area contributed by atoms with Gasteiger partial charge >= 0.3 is 5.97 Å². The fraction of sp³-hybridized carbons (Fsp3) is 0.0370. The van der Waals surface area contributed by atoms with E-state index in [1.54, 1.807) is 24.3 Å². The zero-order valence-electron chi connectivity index (χ0n) is 18.0. The van der Waals surface area contributed by atoms with Crippen molar-refractivity contribution >= 4 is 51.5 Å². The number of methoxy groups -OCH3 is 1. The van der Waals surface area contributed by atoms with E-state index in [0.29, 0.717) is 10.7 Å². The smallest absolute Gasteiger partial charge is 0.359 e. The average Bonchev–Trinajstić information content (AvgIpc) is 2.89. The standard InChI is InChI=1S/C27H22ClN2O2P/c1-32-27(31)26(30-29-22-19-17-21(28)18-20-22)33(23-11-5-2-6-12-23,24-13-7-3-8-14-24)25-15-9-4-10-16-25/h2-20H,1H3. The Balaban J connectivity index is 2.16. The maximum Gasteiger partial charge on any atom is 0.359 e. The number of esters is 1. The Kier molecular flexibility index (Phi) is 7.19. The summed E-state index contributed by atoms with van der Waals surface area (Å²) in [6, 6.07) is 36.9. The van der Waals surface area contributed by atoms with Gasteiger partial charge < -0.3 is 4.74 Å². The number of hydrogen-bond acceptors (Lipinski definition) is 3. The molecular weight excluding hydrogens is 451 g/mol. The molecule has 4 aromatic rings. The first-order valence-electron chi connectivity index (χ1n) is 10.4. The van der Waals surface area contributed by atoms with E-state index in [2.05, 4.69) is 10.2 Å². The zero-order valence-corrected chi connectivity index (χ0v) is 19.7. The normalized spacial score (nSPS) is 11.3. The van der Waals surface area contributed by atoms with Gasteiger partial charge in [0.05, 0.1) is 12.8 Å². The summed E-state index contributed by atoms with van der Waals surface area (Å²) in [5.74, 6) is -0.516. The fourth-order valence-corrected chi connectivity index (χ4v) is 7.87. The number of azo groups is 1. The Morgan fingerprint density at radius 3 is 1.52 bits per heavy atom. The third kappa shape index (κ3) is 4.68. The zero-order chi connectivity index (χ0) is 23.1. The molecule has 0 bridgehead atoms. The minimum absolute atomic E-state index is 0.267. The molecule has 0 amide bonds. The predicted molar refractivity (Wildman–Crippen MR) is 138 cm³/mol. The van der Waals surface area contributed by atoms with Crippen LogP contribution in [0.4, 0.5) is 5.69 Å². The van der Waals surface area contributed by atoms with E-state index in [0.717, 1.165) is 15.9 Å². The van der Waals surface area contributed by atoms with E-state index in [4.69, 9.17) is 16.3 Å². The first-order chi connectivity index (χ1) is 16.2. The van der Waals surface area contributed by atoms with Crippen molar-refractivity contribution in [3.8, 4) is 0 Å². The van der Waals surface area contributed by atoms with Crippen LogP contribution in [0, 0.1) is 0 Å². The van der Waals surface area contributed by atoms with Crippen LogP contribution in [-0.4, -0.2) is 18.5 Å². The predicted octanol–water partition coefficient (Wildman–Crippen LogP) is 5.72. The minimum Gasteiger partial charge on any atom is -0.464 e. The highest BCUT2D eigenvalue weighted by molar-refractivity contribution is 7.96. The van der Waals surface area contributed by atoms with E-state index in [1.165, 1.54) is 7.11 Å². The summed E-state index contributed by atoms with van der Waals surface area (Å²) in [6.45, 7) is -2.73. The topological polar surface area (TPSA) is 51.0 Å². The van der Waals surface area contributed by atoms with Gasteiger partial charge in [-0.2, -0.15) is 5.11 Å². The van der Waals surface area contributed by atoms with Crippen LogP contribution in [0.1, 0.15) is 0 Å². The summed E-state index contributed by atoms with van der Waals surface area (Å²) in [4.78, 5) is 13.3. The molecule has 0 aliphatic carbocycles. The lowest BCUT2D eigenvalue weighted by atomic mass is 10.3. The summed E-state index contributed by atoms with van der Waals surface area (Å²) in [5, 5.41) is 12.5. The lowest BCUT2D eigenvalue weighted by molar-refractivity contribution is -0.132. The second kappa shape index (κ2) is 10.4. The number of ether oxygens (including phenoxy) is 1. The highest BCUT2D eigenvalue weighted by atomic mass is 35.5. The monoisotopic (exact) mass is 472 g/mol. The molecule has 0 aromatic heterocycles. The lowest BCUT2D eigenvalue weighted by Gasteiger charge is -2.29. The molecule has 6 heteroatoms. The summed E-state index contributed by atoms with van der Waals surface area (Å²) in [6.07, 6.45) is 0. The third-order valence-corrected chi connectivity index (χ3v) is 9.58. The summed E-state index contributed by atoms with van der Waals surface area (Å²) in [7, 11) is 1.37. The van der Waals surface area contributed by atoms with Crippen molar-refractivity contribution < 1.29 is 9.53 Å². The first kappa shape index (κ1) is 22.7. The Labute approximate surface area is 198 Å². The number of carbonyl (C=O) groups is 1. The molecule has 0 atom stereocenters. The third-order valence-electron chi connectivity index (χ3n) is 5.20. The maximum absolute atomic E-state index is 13.3. The highest BCUT2D eigenvalue weighted by Crippen LogP contribution is 2.47. The van der Waals surface area contributed by atoms with Gasteiger partial charge in [-0.05, 0) is 40.2 Å². The van der Waals surface area contributed by atoms with Gasteiger partial charge in [0.1, 0.15) is 0 Å². The molecule has 0 radical (unpaired) electrons. The van der Waals surface area contributed by atoms with Crippen LogP contribution in [0.3, 0.4) is 0 Å². The largest absolute Gasteiger partial charge is 0.464 e. The number of benzene rings is 4. The van der Waals surface area contributed by atoms with Crippen molar-refractivity contribution in [3.63, 3.8) is 0 Å². The molecule has 164 valence electrons. The minimum atomic E-state index is -2.73. The van der Waals surface area contributed by atoms with Crippen LogP contribution in [0.25, 0.3) is 0 Å². The van der Waals surface area contributed by atoms with E-state index >= 15 is 0 Å². The molecular formula is C27H22ClN2O2P. The van der Waals surface area contributed by atoms with Gasteiger partial charge in [0.2, 0.25) is 0 Å². The molecule has 0 saturated carbocycles. The summed E-state index contributed by atoms with van der Waals surface area (Å²) in [5.41, 5.74) is 0.858. The van der Waals surface area contributed by atoms with E-state index < -0.39 is 12.9 Å². The van der Waals surface area contributed by atoms with Crippen LogP contribution < -0.4 is 15.9 Å². The Morgan fingerprint density at radius 2 is 1.12 bits per heavy atom. The van der Waals surface area contributed by atoms with Crippen molar-refractivity contribution in [2.24, 2.45) is 10.2 Å². The number of nitrogens with zero attached hydrogens (tertiary/aromatic N) is 2. The van der Waals surface area contributed by atoms with Crippen LogP contribution in [-0.2, 0) is 9.53 Å². The van der Waals surface area contributed by atoms with Crippen molar-refractivity contribution in [3.05, 3.63) is 120 Å². The van der Waals surface area contributed by atoms with Crippen molar-refractivity contribution in [1.82, 2.24) is 0 Å². The SMILES string of the molecule is COC(=O)C(N=Nc1ccc(Cl)cc1)=P(c1ccccc1)(c1ccccc1)c1ccccc1. The molecule has 4 aromatic carbocycles. The Bertz CT molecular complexity index is 1200. The molecule has 4 rings (SSSR count). The van der Waals surface area contributed by atoms with Gasteiger partial charge in [-0.25, -0.2) is 4.79 Å². The highest BCUT2D eigenvalue weighted by Gasteiger charge is 2.34. The van der Waals surface area contributed by atoms with Crippen LogP contribution >= 0.6 is 18.5 Å². The molecule has 0 aliphatic heterocycles. The molecule has 0 aliphatic rings. The molecule has 0 heterocycles. The number of carbonyl (C=O) groups excluding carboxylic acids is 1. The molecule has 0 spiro atoms. The first-order valence-corrected chi connectivity index (χ1v) is 12.5. The van der Waals surface area contributed by atoms with Gasteiger partial charge in [-0.1, -0.05) is 103 Å². The van der Waals surface area contributed by atoms with Gasteiger partial charge in [0.15, 0.2) is 5.42 Å². The fourth-order valence-electron chi connectivity index (χ4n) is 3.72. The van der Waals surface area contributed by atoms with Crippen molar-refractivity contribution in [1.29, 1.82) is 0 Å². The summed E-state index contributed by atoms with van der Waals surface area (Å²) < 4.78 is 5.27. The molecule has 0 unspecified atom stereocenters. The van der Waals surface area contributed by atoms with Crippen molar-refractivity contribution in [2.75, 3.05) is 7.11 Å².